The molecule has 0 amide bonds. The zero-order valence-electron chi connectivity index (χ0n) is 6.45. The summed E-state index contributed by atoms with van der Waals surface area (Å²) in [6.07, 6.45) is 3.62. The van der Waals surface area contributed by atoms with E-state index < -0.39 is 0 Å². The molecule has 4 nitrogen and oxygen atoms in total. The fraction of sp³-hybridized carbons (Fsp3) is 0.429. The predicted molar refractivity (Wildman–Crippen MR) is 41.3 cm³/mol. The molecule has 1 aromatic rings. The Kier molecular flexibility index (Phi) is 2.38. The minimum absolute atomic E-state index is 0.00231. The lowest BCUT2D eigenvalue weighted by atomic mass is 10.4. The number of rotatable bonds is 2. The summed E-state index contributed by atoms with van der Waals surface area (Å²) < 4.78 is 1.51. The summed E-state index contributed by atoms with van der Waals surface area (Å²) in [5.41, 5.74) is 5.23. The van der Waals surface area contributed by atoms with Crippen molar-refractivity contribution >= 4 is 5.91 Å². The largest absolute Gasteiger partial charge is 0.330 e. The average molecular weight is 153 g/mol. The first kappa shape index (κ1) is 7.94. The van der Waals surface area contributed by atoms with E-state index in [2.05, 4.69) is 4.98 Å². The maximum absolute atomic E-state index is 11.2. The Morgan fingerprint density at radius 3 is 3.00 bits per heavy atom. The molecule has 0 aromatic carbocycles. The van der Waals surface area contributed by atoms with Crippen molar-refractivity contribution in [1.29, 1.82) is 0 Å². The Morgan fingerprint density at radius 2 is 2.55 bits per heavy atom. The van der Waals surface area contributed by atoms with Crippen LogP contribution in [0.2, 0.25) is 0 Å². The SMILES string of the molecule is Cc1nccn1C(=O)CCN. The van der Waals surface area contributed by atoms with Gasteiger partial charge < -0.3 is 5.73 Å². The minimum atomic E-state index is 0.00231. The van der Waals surface area contributed by atoms with Crippen LogP contribution in [-0.2, 0) is 0 Å². The molecule has 1 rings (SSSR count). The summed E-state index contributed by atoms with van der Waals surface area (Å²) >= 11 is 0. The van der Waals surface area contributed by atoms with Crippen LogP contribution in [0.15, 0.2) is 12.4 Å². The van der Waals surface area contributed by atoms with Gasteiger partial charge in [0.1, 0.15) is 5.82 Å². The zero-order valence-corrected chi connectivity index (χ0v) is 6.45. The molecule has 0 unspecified atom stereocenters. The van der Waals surface area contributed by atoms with Gasteiger partial charge in [-0.1, -0.05) is 0 Å². The number of carbonyl (C=O) groups is 1. The third kappa shape index (κ3) is 1.65. The second-order valence-electron chi connectivity index (χ2n) is 2.28. The van der Waals surface area contributed by atoms with Crippen molar-refractivity contribution in [2.24, 2.45) is 5.73 Å². The molecular formula is C7H11N3O. The predicted octanol–water partition coefficient (Wildman–Crippen LogP) is 0.181. The lowest BCUT2D eigenvalue weighted by Gasteiger charge is -2.00. The molecule has 0 atom stereocenters. The summed E-state index contributed by atoms with van der Waals surface area (Å²) in [7, 11) is 0. The van der Waals surface area contributed by atoms with Gasteiger partial charge in [-0.25, -0.2) is 4.98 Å². The lowest BCUT2D eigenvalue weighted by Crippen LogP contribution is -2.15. The van der Waals surface area contributed by atoms with Gasteiger partial charge in [-0.05, 0) is 6.92 Å². The smallest absolute Gasteiger partial charge is 0.233 e. The van der Waals surface area contributed by atoms with Crippen LogP contribution in [0.25, 0.3) is 0 Å². The van der Waals surface area contributed by atoms with Crippen LogP contribution in [-0.4, -0.2) is 22.0 Å². The molecule has 11 heavy (non-hydrogen) atoms. The third-order valence-corrected chi connectivity index (χ3v) is 1.45. The van der Waals surface area contributed by atoms with Crippen molar-refractivity contribution in [3.05, 3.63) is 18.2 Å². The molecule has 1 heterocycles. The van der Waals surface area contributed by atoms with E-state index in [-0.39, 0.29) is 5.91 Å². The van der Waals surface area contributed by atoms with Crippen molar-refractivity contribution in [1.82, 2.24) is 9.55 Å². The van der Waals surface area contributed by atoms with Gasteiger partial charge in [0.25, 0.3) is 0 Å². The fourth-order valence-corrected chi connectivity index (χ4v) is 0.885. The highest BCUT2D eigenvalue weighted by atomic mass is 16.2. The monoisotopic (exact) mass is 153 g/mol. The van der Waals surface area contributed by atoms with Crippen molar-refractivity contribution in [3.63, 3.8) is 0 Å². The second-order valence-corrected chi connectivity index (χ2v) is 2.28. The van der Waals surface area contributed by atoms with Crippen molar-refractivity contribution in [2.75, 3.05) is 6.54 Å². The van der Waals surface area contributed by atoms with E-state index in [1.165, 1.54) is 4.57 Å². The minimum Gasteiger partial charge on any atom is -0.330 e. The standard InChI is InChI=1S/C7H11N3O/c1-6-9-4-5-10(6)7(11)2-3-8/h4-5H,2-3,8H2,1H3. The highest BCUT2D eigenvalue weighted by Crippen LogP contribution is 1.96. The highest BCUT2D eigenvalue weighted by molar-refractivity contribution is 5.79. The van der Waals surface area contributed by atoms with Crippen LogP contribution in [0.4, 0.5) is 0 Å². The van der Waals surface area contributed by atoms with Gasteiger partial charge in [0.2, 0.25) is 5.91 Å². The van der Waals surface area contributed by atoms with Crippen molar-refractivity contribution < 1.29 is 4.79 Å². The molecular weight excluding hydrogens is 142 g/mol. The summed E-state index contributed by atoms with van der Waals surface area (Å²) in [5, 5.41) is 0. The molecule has 0 aliphatic carbocycles. The number of nitrogens with two attached hydrogens (primary N) is 1. The molecule has 0 fully saturated rings. The van der Waals surface area contributed by atoms with Crippen LogP contribution < -0.4 is 5.73 Å². The van der Waals surface area contributed by atoms with E-state index in [9.17, 15) is 4.79 Å². The number of hydrogen-bond acceptors (Lipinski definition) is 3. The highest BCUT2D eigenvalue weighted by Gasteiger charge is 2.04. The number of hydrogen-bond donors (Lipinski definition) is 1. The summed E-state index contributed by atoms with van der Waals surface area (Å²) in [6, 6.07) is 0. The molecule has 0 saturated carbocycles. The Bertz CT molecular complexity index is 254. The van der Waals surface area contributed by atoms with E-state index in [0.717, 1.165) is 0 Å². The third-order valence-electron chi connectivity index (χ3n) is 1.45. The van der Waals surface area contributed by atoms with Gasteiger partial charge in [-0.2, -0.15) is 0 Å². The van der Waals surface area contributed by atoms with Crippen LogP contribution in [0, 0.1) is 6.92 Å². The molecule has 2 N–H and O–H groups in total. The van der Waals surface area contributed by atoms with Gasteiger partial charge in [0, 0.05) is 25.4 Å². The number of imidazole rings is 1. The molecule has 0 radical (unpaired) electrons. The molecule has 60 valence electrons. The van der Waals surface area contributed by atoms with Crippen LogP contribution >= 0.6 is 0 Å². The molecule has 0 bridgehead atoms. The van der Waals surface area contributed by atoms with Gasteiger partial charge in [0.15, 0.2) is 0 Å². The molecule has 0 spiro atoms. The van der Waals surface area contributed by atoms with Gasteiger partial charge in [-0.15, -0.1) is 0 Å². The molecule has 0 saturated heterocycles. The summed E-state index contributed by atoms with van der Waals surface area (Å²) in [6.45, 7) is 2.17. The van der Waals surface area contributed by atoms with Crippen molar-refractivity contribution in [2.45, 2.75) is 13.3 Å². The van der Waals surface area contributed by atoms with Crippen LogP contribution in [0.3, 0.4) is 0 Å². The first-order valence-electron chi connectivity index (χ1n) is 3.49. The normalized spacial score (nSPS) is 10.0. The number of carbonyl (C=O) groups excluding carboxylic acids is 1. The molecule has 0 aliphatic heterocycles. The van der Waals surface area contributed by atoms with Gasteiger partial charge in [0.05, 0.1) is 0 Å². The van der Waals surface area contributed by atoms with E-state index in [0.29, 0.717) is 18.8 Å². The fourth-order valence-electron chi connectivity index (χ4n) is 0.885. The topological polar surface area (TPSA) is 60.9 Å². The maximum Gasteiger partial charge on any atom is 0.233 e. The molecule has 0 aliphatic rings. The Balaban J connectivity index is 2.76. The van der Waals surface area contributed by atoms with E-state index in [1.807, 2.05) is 0 Å². The van der Waals surface area contributed by atoms with E-state index in [1.54, 1.807) is 19.3 Å². The zero-order chi connectivity index (χ0) is 8.27. The summed E-state index contributed by atoms with van der Waals surface area (Å²) in [4.78, 5) is 15.1. The Morgan fingerprint density at radius 1 is 1.82 bits per heavy atom. The second kappa shape index (κ2) is 3.30. The number of aromatic nitrogens is 2. The molecule has 1 aromatic heterocycles. The van der Waals surface area contributed by atoms with E-state index in [4.69, 9.17) is 5.73 Å². The maximum atomic E-state index is 11.2. The Hall–Kier alpha value is -1.16. The van der Waals surface area contributed by atoms with E-state index >= 15 is 0 Å². The van der Waals surface area contributed by atoms with Gasteiger partial charge >= 0.3 is 0 Å². The molecule has 4 heteroatoms. The lowest BCUT2D eigenvalue weighted by molar-refractivity contribution is 0.0903. The van der Waals surface area contributed by atoms with Crippen LogP contribution in [0.5, 0.6) is 0 Å². The first-order valence-corrected chi connectivity index (χ1v) is 3.49. The first-order chi connectivity index (χ1) is 5.25. The Labute approximate surface area is 65.0 Å². The number of nitrogens with zero attached hydrogens (tertiary/aromatic N) is 2. The van der Waals surface area contributed by atoms with Gasteiger partial charge in [-0.3, -0.25) is 9.36 Å². The quantitative estimate of drug-likeness (QED) is 0.659. The number of aryl methyl sites for hydroxylation is 1. The van der Waals surface area contributed by atoms with Crippen molar-refractivity contribution in [3.8, 4) is 0 Å². The summed E-state index contributed by atoms with van der Waals surface area (Å²) in [5.74, 6) is 0.714. The van der Waals surface area contributed by atoms with Crippen LogP contribution in [0.1, 0.15) is 17.0 Å². The average Bonchev–Trinajstić information content (AvgIpc) is 2.36.